The number of carbonyl (C=O) groups is 1. The third kappa shape index (κ3) is 3.85. The van der Waals surface area contributed by atoms with Gasteiger partial charge in [0.15, 0.2) is 0 Å². The third-order valence-electron chi connectivity index (χ3n) is 4.00. The van der Waals surface area contributed by atoms with Crippen molar-refractivity contribution in [2.24, 2.45) is 11.7 Å². The lowest BCUT2D eigenvalue weighted by Crippen LogP contribution is -2.45. The molecule has 0 bridgehead atoms. The summed E-state index contributed by atoms with van der Waals surface area (Å²) >= 11 is 2.03. The van der Waals surface area contributed by atoms with Crippen LogP contribution in [0.25, 0.3) is 0 Å². The number of aromatic hydroxyl groups is 1. The van der Waals surface area contributed by atoms with E-state index in [1.54, 1.807) is 12.1 Å². The number of benzene rings is 1. The minimum atomic E-state index is -0.155. The van der Waals surface area contributed by atoms with Gasteiger partial charge in [-0.15, -0.1) is 0 Å². The highest BCUT2D eigenvalue weighted by atomic mass is 127. The van der Waals surface area contributed by atoms with Gasteiger partial charge in [0.2, 0.25) is 0 Å². The Kier molecular flexibility index (Phi) is 5.65. The normalized spacial score (nSPS) is 17.7. The van der Waals surface area contributed by atoms with Crippen molar-refractivity contribution in [1.82, 2.24) is 5.32 Å². The smallest absolute Gasteiger partial charge is 0.251 e. The topological polar surface area (TPSA) is 75.3 Å². The summed E-state index contributed by atoms with van der Waals surface area (Å²) in [5.41, 5.74) is 6.30. The fourth-order valence-electron chi connectivity index (χ4n) is 2.81. The van der Waals surface area contributed by atoms with Crippen LogP contribution in [0.2, 0.25) is 0 Å². The van der Waals surface area contributed by atoms with E-state index in [0.717, 1.165) is 16.4 Å². The second-order valence-corrected chi connectivity index (χ2v) is 6.54. The second-order valence-electron chi connectivity index (χ2n) is 5.38. The molecule has 1 aliphatic rings. The van der Waals surface area contributed by atoms with E-state index in [4.69, 9.17) is 5.73 Å². The van der Waals surface area contributed by atoms with Crippen LogP contribution in [0.4, 0.5) is 0 Å². The number of nitrogens with two attached hydrogens (primary N) is 1. The van der Waals surface area contributed by atoms with Gasteiger partial charge in [-0.2, -0.15) is 0 Å². The zero-order valence-electron chi connectivity index (χ0n) is 11.4. The van der Waals surface area contributed by atoms with E-state index in [2.05, 4.69) is 5.32 Å². The van der Waals surface area contributed by atoms with E-state index in [-0.39, 0.29) is 17.7 Å². The van der Waals surface area contributed by atoms with Crippen LogP contribution in [0.5, 0.6) is 5.75 Å². The molecule has 1 aliphatic carbocycles. The lowest BCUT2D eigenvalue weighted by molar-refractivity contribution is 0.0915. The molecular weight excluding hydrogens is 367 g/mol. The predicted molar refractivity (Wildman–Crippen MR) is 87.7 cm³/mol. The van der Waals surface area contributed by atoms with Gasteiger partial charge >= 0.3 is 0 Å². The molecule has 1 unspecified atom stereocenters. The molecule has 1 aromatic rings. The lowest BCUT2D eigenvalue weighted by atomic mass is 9.84. The van der Waals surface area contributed by atoms with Gasteiger partial charge in [0.05, 0.1) is 3.57 Å². The molecule has 2 rings (SSSR count). The summed E-state index contributed by atoms with van der Waals surface area (Å²) in [5.74, 6) is 0.466. The molecule has 1 amide bonds. The Morgan fingerprint density at radius 1 is 1.40 bits per heavy atom. The highest BCUT2D eigenvalue weighted by molar-refractivity contribution is 14.1. The summed E-state index contributed by atoms with van der Waals surface area (Å²) in [5, 5.41) is 12.7. The highest BCUT2D eigenvalue weighted by Gasteiger charge is 2.24. The van der Waals surface area contributed by atoms with Gasteiger partial charge in [-0.05, 0) is 59.5 Å². The number of amides is 1. The first-order valence-corrected chi connectivity index (χ1v) is 8.19. The van der Waals surface area contributed by atoms with Gasteiger partial charge in [-0.1, -0.05) is 19.3 Å². The van der Waals surface area contributed by atoms with E-state index in [9.17, 15) is 9.90 Å². The molecule has 0 aliphatic heterocycles. The van der Waals surface area contributed by atoms with Crippen molar-refractivity contribution in [2.45, 2.75) is 38.1 Å². The zero-order chi connectivity index (χ0) is 14.5. The molecule has 110 valence electrons. The van der Waals surface area contributed by atoms with Crippen LogP contribution in [0.15, 0.2) is 18.2 Å². The van der Waals surface area contributed by atoms with Crippen molar-refractivity contribution in [3.05, 3.63) is 27.3 Å². The molecule has 20 heavy (non-hydrogen) atoms. The van der Waals surface area contributed by atoms with Crippen LogP contribution < -0.4 is 11.1 Å². The van der Waals surface area contributed by atoms with Crippen LogP contribution in [0.3, 0.4) is 0 Å². The van der Waals surface area contributed by atoms with Crippen molar-refractivity contribution in [1.29, 1.82) is 0 Å². The van der Waals surface area contributed by atoms with Crippen LogP contribution in [0, 0.1) is 9.49 Å². The van der Waals surface area contributed by atoms with Crippen molar-refractivity contribution in [3.8, 4) is 5.75 Å². The number of phenols is 1. The van der Waals surface area contributed by atoms with Gasteiger partial charge in [0, 0.05) is 18.2 Å². The van der Waals surface area contributed by atoms with E-state index in [0.29, 0.717) is 18.0 Å². The maximum Gasteiger partial charge on any atom is 0.251 e. The quantitative estimate of drug-likeness (QED) is 0.695. The number of halogens is 1. The van der Waals surface area contributed by atoms with Crippen LogP contribution in [-0.2, 0) is 0 Å². The molecule has 0 saturated heterocycles. The summed E-state index contributed by atoms with van der Waals surface area (Å²) in [6.07, 6.45) is 6.01. The Morgan fingerprint density at radius 2 is 2.10 bits per heavy atom. The SMILES string of the molecule is NCC(NC(=O)c1ccc(I)c(O)c1)C1CCCCC1. The van der Waals surface area contributed by atoms with E-state index in [1.807, 2.05) is 22.6 Å². The van der Waals surface area contributed by atoms with Gasteiger partial charge in [0.25, 0.3) is 5.91 Å². The minimum absolute atomic E-state index is 0.0317. The van der Waals surface area contributed by atoms with Crippen molar-refractivity contribution >= 4 is 28.5 Å². The Hall–Kier alpha value is -0.820. The van der Waals surface area contributed by atoms with Gasteiger partial charge in [-0.3, -0.25) is 4.79 Å². The molecule has 0 aromatic heterocycles. The Balaban J connectivity index is 2.02. The Morgan fingerprint density at radius 3 is 2.70 bits per heavy atom. The van der Waals surface area contributed by atoms with Crippen LogP contribution in [-0.4, -0.2) is 23.6 Å². The van der Waals surface area contributed by atoms with Gasteiger partial charge < -0.3 is 16.2 Å². The molecule has 0 radical (unpaired) electrons. The van der Waals surface area contributed by atoms with E-state index in [1.165, 1.54) is 25.3 Å². The summed E-state index contributed by atoms with van der Waals surface area (Å²) in [6, 6.07) is 5.00. The molecule has 5 heteroatoms. The first-order valence-electron chi connectivity index (χ1n) is 7.11. The number of hydrogen-bond acceptors (Lipinski definition) is 3. The standard InChI is InChI=1S/C15H21IN2O2/c16-12-7-6-11(8-14(12)19)15(20)18-13(9-17)10-4-2-1-3-5-10/h6-8,10,13,19H,1-5,9,17H2,(H,18,20). The number of phenolic OH excluding ortho intramolecular Hbond substituents is 1. The summed E-state index contributed by atoms with van der Waals surface area (Å²) in [7, 11) is 0. The first kappa shape index (κ1) is 15.6. The minimum Gasteiger partial charge on any atom is -0.507 e. The van der Waals surface area contributed by atoms with E-state index >= 15 is 0 Å². The van der Waals surface area contributed by atoms with Gasteiger partial charge in [-0.25, -0.2) is 0 Å². The average Bonchev–Trinajstić information content (AvgIpc) is 2.48. The van der Waals surface area contributed by atoms with Gasteiger partial charge in [0.1, 0.15) is 5.75 Å². The number of carbonyl (C=O) groups excluding carboxylic acids is 1. The van der Waals surface area contributed by atoms with Crippen molar-refractivity contribution < 1.29 is 9.90 Å². The molecule has 0 heterocycles. The van der Waals surface area contributed by atoms with Crippen molar-refractivity contribution in [3.63, 3.8) is 0 Å². The fraction of sp³-hybridized carbons (Fsp3) is 0.533. The Bertz CT molecular complexity index is 473. The molecule has 0 spiro atoms. The number of rotatable bonds is 4. The fourth-order valence-corrected chi connectivity index (χ4v) is 3.15. The molecule has 1 aromatic carbocycles. The maximum absolute atomic E-state index is 12.2. The second kappa shape index (κ2) is 7.26. The number of hydrogen-bond donors (Lipinski definition) is 3. The molecule has 1 fully saturated rings. The lowest BCUT2D eigenvalue weighted by Gasteiger charge is -2.30. The molecule has 4 nitrogen and oxygen atoms in total. The van der Waals surface area contributed by atoms with Crippen LogP contribution >= 0.6 is 22.6 Å². The molecule has 4 N–H and O–H groups in total. The zero-order valence-corrected chi connectivity index (χ0v) is 13.6. The monoisotopic (exact) mass is 388 g/mol. The largest absolute Gasteiger partial charge is 0.507 e. The third-order valence-corrected chi connectivity index (χ3v) is 4.91. The predicted octanol–water partition coefficient (Wildman–Crippen LogP) is 2.63. The first-order chi connectivity index (χ1) is 9.61. The highest BCUT2D eigenvalue weighted by Crippen LogP contribution is 2.26. The van der Waals surface area contributed by atoms with E-state index < -0.39 is 0 Å². The number of nitrogens with one attached hydrogen (secondary N) is 1. The summed E-state index contributed by atoms with van der Waals surface area (Å²) < 4.78 is 0.738. The summed E-state index contributed by atoms with van der Waals surface area (Å²) in [4.78, 5) is 12.2. The maximum atomic E-state index is 12.2. The average molecular weight is 388 g/mol. The molecule has 1 atom stereocenters. The Labute approximate surface area is 133 Å². The molecular formula is C15H21IN2O2. The van der Waals surface area contributed by atoms with Crippen molar-refractivity contribution in [2.75, 3.05) is 6.54 Å². The summed E-state index contributed by atoms with van der Waals surface area (Å²) in [6.45, 7) is 0.465. The van der Waals surface area contributed by atoms with Crippen LogP contribution in [0.1, 0.15) is 42.5 Å². The molecule has 1 saturated carbocycles.